The highest BCUT2D eigenvalue weighted by Gasteiger charge is 2.23. The Morgan fingerprint density at radius 3 is 1.41 bits per heavy atom. The Labute approximate surface area is 307 Å². The molecule has 5 nitrogen and oxygen atoms in total. The zero-order chi connectivity index (χ0) is 35.9. The third kappa shape index (κ3) is 4.65. The second-order valence-electron chi connectivity index (χ2n) is 13.6. The molecule has 0 unspecified atom stereocenters. The lowest BCUT2D eigenvalue weighted by molar-refractivity contribution is 0.629. The van der Waals surface area contributed by atoms with Crippen LogP contribution >= 0.6 is 0 Å². The molecule has 0 amide bonds. The van der Waals surface area contributed by atoms with Crippen molar-refractivity contribution in [2.75, 3.05) is 0 Å². The molecule has 0 saturated heterocycles. The van der Waals surface area contributed by atoms with E-state index in [-0.39, 0.29) is 11.6 Å². The number of hydrogen-bond acceptors (Lipinski definition) is 3. The van der Waals surface area contributed by atoms with E-state index in [4.69, 9.17) is 15.0 Å². The summed E-state index contributed by atoms with van der Waals surface area (Å²) in [5.41, 5.74) is 6.65. The van der Waals surface area contributed by atoms with E-state index < -0.39 is 0 Å². The highest BCUT2D eigenvalue weighted by atomic mass is 19.1. The average molecular weight is 700 g/mol. The van der Waals surface area contributed by atoms with Gasteiger partial charge in [-0.1, -0.05) is 103 Å². The molecule has 0 N–H and O–H groups in total. The maximum Gasteiger partial charge on any atom is 0.238 e. The van der Waals surface area contributed by atoms with Gasteiger partial charge in [0.05, 0.1) is 22.1 Å². The Balaban J connectivity index is 1.27. The molecule has 7 heteroatoms. The van der Waals surface area contributed by atoms with Gasteiger partial charge in [-0.25, -0.2) is 13.8 Å². The number of benzene rings is 8. The summed E-state index contributed by atoms with van der Waals surface area (Å²) in [6.45, 7) is 0. The van der Waals surface area contributed by atoms with Crippen LogP contribution in [0.1, 0.15) is 0 Å². The molecule has 0 fully saturated rings. The van der Waals surface area contributed by atoms with Crippen molar-refractivity contribution in [2.24, 2.45) is 0 Å². The van der Waals surface area contributed by atoms with Crippen molar-refractivity contribution in [3.63, 3.8) is 0 Å². The summed E-state index contributed by atoms with van der Waals surface area (Å²) in [6.07, 6.45) is 0. The first-order valence-electron chi connectivity index (χ1n) is 17.7. The third-order valence-corrected chi connectivity index (χ3v) is 10.4. The normalized spacial score (nSPS) is 11.9. The van der Waals surface area contributed by atoms with Gasteiger partial charge < -0.3 is 4.57 Å². The predicted octanol–water partition coefficient (Wildman–Crippen LogP) is 12.0. The van der Waals surface area contributed by atoms with Crippen molar-refractivity contribution in [2.45, 2.75) is 0 Å². The number of hydrogen-bond donors (Lipinski definition) is 0. The molecule has 0 spiro atoms. The largest absolute Gasteiger partial charge is 0.307 e. The van der Waals surface area contributed by atoms with E-state index in [0.29, 0.717) is 17.6 Å². The lowest BCUT2D eigenvalue weighted by Gasteiger charge is -2.13. The molecule has 8 aromatic carbocycles. The fraction of sp³-hybridized carbons (Fsp3) is 0. The van der Waals surface area contributed by atoms with Gasteiger partial charge in [-0.05, 0) is 82.2 Å². The molecule has 3 heterocycles. The number of nitrogens with zero attached hydrogens (tertiary/aromatic N) is 5. The van der Waals surface area contributed by atoms with Crippen molar-refractivity contribution in [3.8, 4) is 34.4 Å². The summed E-state index contributed by atoms with van der Waals surface area (Å²) < 4.78 is 32.8. The van der Waals surface area contributed by atoms with Gasteiger partial charge >= 0.3 is 0 Å². The Bertz CT molecular complexity index is 3210. The Morgan fingerprint density at radius 2 is 0.833 bits per heavy atom. The van der Waals surface area contributed by atoms with Gasteiger partial charge in [-0.2, -0.15) is 9.97 Å². The molecule has 11 rings (SSSR count). The maximum atomic E-state index is 14.2. The molecule has 11 aromatic rings. The molecule has 0 saturated carbocycles. The molecule has 0 bridgehead atoms. The van der Waals surface area contributed by atoms with Gasteiger partial charge in [-0.3, -0.25) is 4.57 Å². The standard InChI is InChI=1S/C47H27F2N5/c48-34-20-18-28-24-32(16-14-30(28)26-34)45-50-46(33-17-15-31-27-35(49)21-19-29(31)25-33)52-47(51-45)54-42-13-7-5-11-38(42)40-23-22-39-37-10-4-6-12-41(37)53(43(39)44(40)54)36-8-2-1-3-9-36/h1-27H. The first-order chi connectivity index (χ1) is 26.6. The predicted molar refractivity (Wildman–Crippen MR) is 214 cm³/mol. The molecule has 0 aliphatic carbocycles. The maximum absolute atomic E-state index is 14.2. The Kier molecular flexibility index (Phi) is 6.54. The van der Waals surface area contributed by atoms with E-state index in [1.54, 1.807) is 12.1 Å². The van der Waals surface area contributed by atoms with E-state index in [0.717, 1.165) is 82.0 Å². The smallest absolute Gasteiger partial charge is 0.238 e. The van der Waals surface area contributed by atoms with E-state index >= 15 is 0 Å². The summed E-state index contributed by atoms with van der Waals surface area (Å²) >= 11 is 0. The third-order valence-electron chi connectivity index (χ3n) is 10.4. The molecule has 0 aliphatic rings. The SMILES string of the molecule is Fc1ccc2cc(-c3nc(-c4ccc5cc(F)ccc5c4)nc(-n4c5ccccc5c5ccc6c7ccccc7n(-c7ccccc7)c6c54)n3)ccc2c1. The first-order valence-corrected chi connectivity index (χ1v) is 17.7. The van der Waals surface area contributed by atoms with Gasteiger partial charge in [0, 0.05) is 38.4 Å². The van der Waals surface area contributed by atoms with Crippen molar-refractivity contribution in [3.05, 3.63) is 175 Å². The summed E-state index contributed by atoms with van der Waals surface area (Å²) in [7, 11) is 0. The second-order valence-corrected chi connectivity index (χ2v) is 13.6. The van der Waals surface area contributed by atoms with Crippen LogP contribution in [0.5, 0.6) is 0 Å². The molecule has 0 atom stereocenters. The molecular formula is C47H27F2N5. The zero-order valence-corrected chi connectivity index (χ0v) is 28.6. The fourth-order valence-corrected chi connectivity index (χ4v) is 7.99. The topological polar surface area (TPSA) is 48.5 Å². The number of fused-ring (bicyclic) bond motifs is 9. The number of rotatable bonds is 4. The minimum absolute atomic E-state index is 0.290. The first kappa shape index (κ1) is 30.4. The average Bonchev–Trinajstić information content (AvgIpc) is 3.74. The summed E-state index contributed by atoms with van der Waals surface area (Å²) in [5.74, 6) is 0.824. The van der Waals surface area contributed by atoms with Crippen LogP contribution in [0, 0.1) is 11.6 Å². The number of halogens is 2. The molecule has 3 aromatic heterocycles. The van der Waals surface area contributed by atoms with Gasteiger partial charge in [-0.15, -0.1) is 0 Å². The molecule has 0 radical (unpaired) electrons. The van der Waals surface area contributed by atoms with Crippen LogP contribution < -0.4 is 0 Å². The van der Waals surface area contributed by atoms with Crippen LogP contribution in [-0.4, -0.2) is 24.1 Å². The Hall–Kier alpha value is -7.25. The number of aromatic nitrogens is 5. The highest BCUT2D eigenvalue weighted by Crippen LogP contribution is 2.41. The minimum atomic E-state index is -0.290. The van der Waals surface area contributed by atoms with Crippen molar-refractivity contribution >= 4 is 65.2 Å². The lowest BCUT2D eigenvalue weighted by atomic mass is 10.1. The molecule has 54 heavy (non-hydrogen) atoms. The van der Waals surface area contributed by atoms with E-state index in [9.17, 15) is 8.78 Å². The monoisotopic (exact) mass is 699 g/mol. The van der Waals surface area contributed by atoms with Gasteiger partial charge in [0.2, 0.25) is 5.95 Å². The van der Waals surface area contributed by atoms with Crippen LogP contribution in [0.2, 0.25) is 0 Å². The minimum Gasteiger partial charge on any atom is -0.307 e. The van der Waals surface area contributed by atoms with Gasteiger partial charge in [0.15, 0.2) is 11.6 Å². The highest BCUT2D eigenvalue weighted by molar-refractivity contribution is 6.23. The quantitative estimate of drug-likeness (QED) is 0.184. The molecular weight excluding hydrogens is 673 g/mol. The van der Waals surface area contributed by atoms with E-state index in [1.165, 1.54) is 24.3 Å². The van der Waals surface area contributed by atoms with Gasteiger partial charge in [0.1, 0.15) is 11.6 Å². The fourth-order valence-electron chi connectivity index (χ4n) is 7.99. The van der Waals surface area contributed by atoms with Crippen LogP contribution in [0.25, 0.3) is 99.6 Å². The summed E-state index contributed by atoms with van der Waals surface area (Å²) in [5, 5.41) is 7.72. The second kappa shape index (κ2) is 11.6. The van der Waals surface area contributed by atoms with Crippen LogP contribution in [0.4, 0.5) is 8.78 Å². The van der Waals surface area contributed by atoms with Crippen molar-refractivity contribution < 1.29 is 8.78 Å². The number of para-hydroxylation sites is 3. The molecule has 0 aliphatic heterocycles. The van der Waals surface area contributed by atoms with Crippen LogP contribution in [-0.2, 0) is 0 Å². The lowest BCUT2D eigenvalue weighted by Crippen LogP contribution is -2.07. The van der Waals surface area contributed by atoms with E-state index in [2.05, 4.69) is 88.0 Å². The van der Waals surface area contributed by atoms with Crippen LogP contribution in [0.15, 0.2) is 164 Å². The summed E-state index contributed by atoms with van der Waals surface area (Å²) in [6, 6.07) is 52.8. The Morgan fingerprint density at radius 1 is 0.370 bits per heavy atom. The summed E-state index contributed by atoms with van der Waals surface area (Å²) in [4.78, 5) is 15.5. The van der Waals surface area contributed by atoms with Gasteiger partial charge in [0.25, 0.3) is 0 Å². The molecule has 254 valence electrons. The zero-order valence-electron chi connectivity index (χ0n) is 28.6. The van der Waals surface area contributed by atoms with Crippen molar-refractivity contribution in [1.29, 1.82) is 0 Å². The van der Waals surface area contributed by atoms with E-state index in [1.807, 2.05) is 48.5 Å². The van der Waals surface area contributed by atoms with Crippen molar-refractivity contribution in [1.82, 2.24) is 24.1 Å². The van der Waals surface area contributed by atoms with Crippen LogP contribution in [0.3, 0.4) is 0 Å².